The van der Waals surface area contributed by atoms with Gasteiger partial charge in [-0.3, -0.25) is 4.99 Å². The summed E-state index contributed by atoms with van der Waals surface area (Å²) in [5.41, 5.74) is 3.03. The number of hydrogen-bond donors (Lipinski definition) is 0. The summed E-state index contributed by atoms with van der Waals surface area (Å²) in [6.45, 7) is 10.1. The van der Waals surface area contributed by atoms with E-state index in [1.54, 1.807) is 5.57 Å². The molecule has 0 aliphatic carbocycles. The Balaban J connectivity index is 2.54. The maximum atomic E-state index is 4.83. The van der Waals surface area contributed by atoms with Crippen LogP contribution in [0.25, 0.3) is 16.3 Å². The average Bonchev–Trinajstić information content (AvgIpc) is 2.45. The number of fused-ring (bicyclic) bond motifs is 3. The highest BCUT2D eigenvalue weighted by Gasteiger charge is 2.14. The van der Waals surface area contributed by atoms with Crippen molar-refractivity contribution in [2.24, 2.45) is 10.9 Å². The first-order valence-electron chi connectivity index (χ1n) is 7.68. The first-order chi connectivity index (χ1) is 9.59. The summed E-state index contributed by atoms with van der Waals surface area (Å²) in [4.78, 5) is 4.83. The van der Waals surface area contributed by atoms with Crippen LogP contribution in [-0.2, 0) is 0 Å². The molecule has 0 unspecified atom stereocenters. The molecule has 0 saturated carbocycles. The van der Waals surface area contributed by atoms with E-state index in [-0.39, 0.29) is 0 Å². The van der Waals surface area contributed by atoms with Gasteiger partial charge in [-0.25, -0.2) is 0 Å². The molecule has 0 saturated heterocycles. The molecule has 1 heteroatoms. The molecule has 1 heterocycles. The van der Waals surface area contributed by atoms with E-state index in [1.807, 2.05) is 0 Å². The van der Waals surface area contributed by atoms with Crippen molar-refractivity contribution in [3.63, 3.8) is 0 Å². The summed E-state index contributed by atoms with van der Waals surface area (Å²) < 4.78 is 0. The fourth-order valence-electron chi connectivity index (χ4n) is 3.30. The summed E-state index contributed by atoms with van der Waals surface area (Å²) >= 11 is 0. The lowest BCUT2D eigenvalue weighted by molar-refractivity contribution is 0.775. The highest BCUT2D eigenvalue weighted by Crippen LogP contribution is 2.23. The molecule has 2 aromatic rings. The van der Waals surface area contributed by atoms with Gasteiger partial charge in [0.2, 0.25) is 0 Å². The quantitative estimate of drug-likeness (QED) is 0.783. The summed E-state index contributed by atoms with van der Waals surface area (Å²) in [5.74, 6) is 1.14. The fourth-order valence-corrected chi connectivity index (χ4v) is 3.30. The highest BCUT2D eigenvalue weighted by atomic mass is 14.7. The minimum absolute atomic E-state index is 0.542. The largest absolute Gasteiger partial charge is 0.284 e. The topological polar surface area (TPSA) is 12.4 Å². The lowest BCUT2D eigenvalue weighted by Crippen LogP contribution is -2.34. The minimum atomic E-state index is 0.542. The zero-order valence-electron chi connectivity index (χ0n) is 12.9. The SMILES string of the molecule is CC(C)C1=c2cc(C(C)C)c3ccccc3c2=NCC1. The van der Waals surface area contributed by atoms with Crippen LogP contribution in [0.1, 0.15) is 45.6 Å². The third-order valence-electron chi connectivity index (χ3n) is 4.36. The van der Waals surface area contributed by atoms with Gasteiger partial charge < -0.3 is 0 Å². The highest BCUT2D eigenvalue weighted by molar-refractivity contribution is 5.86. The third-order valence-corrected chi connectivity index (χ3v) is 4.36. The fraction of sp³-hybridized carbons (Fsp3) is 0.421. The van der Waals surface area contributed by atoms with Gasteiger partial charge in [-0.2, -0.15) is 0 Å². The van der Waals surface area contributed by atoms with Gasteiger partial charge in [0.1, 0.15) is 0 Å². The molecule has 2 aromatic carbocycles. The molecule has 20 heavy (non-hydrogen) atoms. The van der Waals surface area contributed by atoms with Gasteiger partial charge in [-0.05, 0) is 35.3 Å². The van der Waals surface area contributed by atoms with Crippen LogP contribution in [0.15, 0.2) is 35.3 Å². The Kier molecular flexibility index (Phi) is 3.37. The number of benzene rings is 2. The summed E-state index contributed by atoms with van der Waals surface area (Å²) in [6.07, 6.45) is 1.11. The van der Waals surface area contributed by atoms with Gasteiger partial charge in [-0.15, -0.1) is 0 Å². The van der Waals surface area contributed by atoms with Crippen molar-refractivity contribution in [2.75, 3.05) is 6.54 Å². The second-order valence-corrected chi connectivity index (χ2v) is 6.37. The molecule has 0 atom stereocenters. The molecule has 0 spiro atoms. The molecule has 0 aromatic heterocycles. The predicted molar refractivity (Wildman–Crippen MR) is 86.5 cm³/mol. The normalized spacial score (nSPS) is 14.8. The van der Waals surface area contributed by atoms with Crippen LogP contribution in [0.5, 0.6) is 0 Å². The smallest absolute Gasteiger partial charge is 0.0724 e. The zero-order valence-corrected chi connectivity index (χ0v) is 12.9. The molecule has 0 amide bonds. The molecular formula is C19H23N. The van der Waals surface area contributed by atoms with Crippen molar-refractivity contribution in [1.82, 2.24) is 0 Å². The van der Waals surface area contributed by atoms with Crippen molar-refractivity contribution in [2.45, 2.75) is 40.0 Å². The monoisotopic (exact) mass is 265 g/mol. The Labute approximate surface area is 121 Å². The van der Waals surface area contributed by atoms with E-state index in [9.17, 15) is 0 Å². The number of rotatable bonds is 2. The van der Waals surface area contributed by atoms with E-state index in [1.165, 1.54) is 26.9 Å². The van der Waals surface area contributed by atoms with Gasteiger partial charge >= 0.3 is 0 Å². The summed E-state index contributed by atoms with van der Waals surface area (Å²) in [7, 11) is 0. The molecule has 1 aliphatic heterocycles. The van der Waals surface area contributed by atoms with E-state index in [0.717, 1.165) is 13.0 Å². The van der Waals surface area contributed by atoms with E-state index in [2.05, 4.69) is 58.0 Å². The Hall–Kier alpha value is -1.63. The zero-order chi connectivity index (χ0) is 14.3. The van der Waals surface area contributed by atoms with Crippen molar-refractivity contribution in [3.05, 3.63) is 46.5 Å². The first-order valence-corrected chi connectivity index (χ1v) is 7.68. The lowest BCUT2D eigenvalue weighted by Gasteiger charge is -2.18. The molecule has 0 radical (unpaired) electrons. The summed E-state index contributed by atoms with van der Waals surface area (Å²) in [5, 5.41) is 5.31. The van der Waals surface area contributed by atoms with Crippen LogP contribution in [0, 0.1) is 5.92 Å². The molecule has 0 N–H and O–H groups in total. The predicted octanol–water partition coefficient (Wildman–Crippen LogP) is 3.79. The van der Waals surface area contributed by atoms with Crippen LogP contribution in [0.3, 0.4) is 0 Å². The number of nitrogens with zero attached hydrogens (tertiary/aromatic N) is 1. The molecule has 3 rings (SSSR count). The molecule has 1 nitrogen and oxygen atoms in total. The minimum Gasteiger partial charge on any atom is -0.284 e. The van der Waals surface area contributed by atoms with E-state index < -0.39 is 0 Å². The van der Waals surface area contributed by atoms with Crippen molar-refractivity contribution in [3.8, 4) is 0 Å². The van der Waals surface area contributed by atoms with Crippen molar-refractivity contribution in [1.29, 1.82) is 0 Å². The van der Waals surface area contributed by atoms with Crippen LogP contribution >= 0.6 is 0 Å². The standard InChI is InChI=1S/C19H23N/c1-12(2)14-9-10-20-19-16-8-6-5-7-15(16)17(13(3)4)11-18(14)19/h5-8,11-13H,9-10H2,1-4H3. The Morgan fingerprint density at radius 3 is 2.30 bits per heavy atom. The Bertz CT molecular complexity index is 766. The van der Waals surface area contributed by atoms with Gasteiger partial charge in [0.25, 0.3) is 0 Å². The number of hydrogen-bond acceptors (Lipinski definition) is 1. The molecular weight excluding hydrogens is 242 g/mol. The summed E-state index contributed by atoms with van der Waals surface area (Å²) in [6, 6.07) is 11.1. The van der Waals surface area contributed by atoms with E-state index in [4.69, 9.17) is 4.99 Å². The van der Waals surface area contributed by atoms with Crippen LogP contribution in [0.2, 0.25) is 0 Å². The first kappa shape index (κ1) is 13.4. The second kappa shape index (κ2) is 5.05. The van der Waals surface area contributed by atoms with E-state index >= 15 is 0 Å². The third kappa shape index (κ3) is 2.06. The second-order valence-electron chi connectivity index (χ2n) is 6.37. The van der Waals surface area contributed by atoms with Gasteiger partial charge in [-0.1, -0.05) is 57.5 Å². The van der Waals surface area contributed by atoms with Gasteiger partial charge in [0.15, 0.2) is 0 Å². The van der Waals surface area contributed by atoms with Crippen molar-refractivity contribution >= 4 is 16.3 Å². The van der Waals surface area contributed by atoms with Gasteiger partial charge in [0, 0.05) is 17.1 Å². The Morgan fingerprint density at radius 1 is 0.950 bits per heavy atom. The Morgan fingerprint density at radius 2 is 1.65 bits per heavy atom. The van der Waals surface area contributed by atoms with Crippen LogP contribution in [0.4, 0.5) is 0 Å². The van der Waals surface area contributed by atoms with Crippen molar-refractivity contribution < 1.29 is 0 Å². The lowest BCUT2D eigenvalue weighted by atomic mass is 9.89. The molecule has 0 fully saturated rings. The maximum Gasteiger partial charge on any atom is 0.0724 e. The molecule has 1 aliphatic rings. The average molecular weight is 265 g/mol. The molecule has 104 valence electrons. The molecule has 0 bridgehead atoms. The van der Waals surface area contributed by atoms with Gasteiger partial charge in [0.05, 0.1) is 5.36 Å². The maximum absolute atomic E-state index is 4.83. The van der Waals surface area contributed by atoms with Crippen LogP contribution < -0.4 is 10.6 Å². The van der Waals surface area contributed by atoms with E-state index in [0.29, 0.717) is 11.8 Å². The van der Waals surface area contributed by atoms with Crippen LogP contribution in [-0.4, -0.2) is 6.54 Å².